The van der Waals surface area contributed by atoms with Crippen molar-refractivity contribution in [3.05, 3.63) is 18.2 Å². The smallest absolute Gasteiger partial charge is 0.0949 e. The van der Waals surface area contributed by atoms with Crippen LogP contribution in [0.5, 0.6) is 0 Å². The molecule has 0 aliphatic rings. The summed E-state index contributed by atoms with van der Waals surface area (Å²) < 4.78 is 2.23. The Morgan fingerprint density at radius 2 is 1.83 bits per heavy atom. The second-order valence-corrected chi connectivity index (χ2v) is 6.82. The highest BCUT2D eigenvalue weighted by molar-refractivity contribution is 5.00. The van der Waals surface area contributed by atoms with Crippen LogP contribution in [0.1, 0.15) is 40.3 Å². The van der Waals surface area contributed by atoms with Crippen LogP contribution in [0.3, 0.4) is 0 Å². The Morgan fingerprint density at radius 3 is 2.33 bits per heavy atom. The summed E-state index contributed by atoms with van der Waals surface area (Å²) in [6, 6.07) is 0. The van der Waals surface area contributed by atoms with E-state index in [0.717, 1.165) is 13.1 Å². The summed E-state index contributed by atoms with van der Waals surface area (Å²) >= 11 is 0. The van der Waals surface area contributed by atoms with Crippen molar-refractivity contribution >= 4 is 0 Å². The van der Waals surface area contributed by atoms with Gasteiger partial charge in [-0.05, 0) is 48.7 Å². The Labute approximate surface area is 111 Å². The van der Waals surface area contributed by atoms with Crippen molar-refractivity contribution < 1.29 is 0 Å². The quantitative estimate of drug-likeness (QED) is 0.871. The molecule has 18 heavy (non-hydrogen) atoms. The lowest BCUT2D eigenvalue weighted by molar-refractivity contribution is 0.167. The molecule has 4 nitrogen and oxygen atoms in total. The summed E-state index contributed by atoms with van der Waals surface area (Å²) in [6.45, 7) is 12.8. The minimum atomic E-state index is 0.122. The molecule has 0 spiro atoms. The highest BCUT2D eigenvalue weighted by Crippen LogP contribution is 2.15. The SMILES string of the molecule is CN(C)C(C)(C)Cn1cncc1CNC(C)(C)C. The minimum absolute atomic E-state index is 0.122. The molecule has 1 aromatic rings. The molecule has 0 unspecified atom stereocenters. The van der Waals surface area contributed by atoms with Gasteiger partial charge in [0.05, 0.1) is 12.0 Å². The third-order valence-corrected chi connectivity index (χ3v) is 3.37. The molecular formula is C14H28N4. The minimum Gasteiger partial charge on any atom is -0.332 e. The van der Waals surface area contributed by atoms with Crippen LogP contribution in [-0.4, -0.2) is 39.6 Å². The zero-order chi connectivity index (χ0) is 14.0. The van der Waals surface area contributed by atoms with E-state index in [1.54, 1.807) is 0 Å². The van der Waals surface area contributed by atoms with Crippen LogP contribution in [-0.2, 0) is 13.1 Å². The molecule has 0 amide bonds. The topological polar surface area (TPSA) is 33.1 Å². The Kier molecular flexibility index (Phi) is 4.56. The van der Waals surface area contributed by atoms with E-state index in [1.165, 1.54) is 5.69 Å². The fraction of sp³-hybridized carbons (Fsp3) is 0.786. The molecule has 0 radical (unpaired) electrons. The molecule has 0 atom stereocenters. The summed E-state index contributed by atoms with van der Waals surface area (Å²) in [5.41, 5.74) is 1.49. The van der Waals surface area contributed by atoms with E-state index in [2.05, 4.69) is 68.5 Å². The summed E-state index contributed by atoms with van der Waals surface area (Å²) in [5.74, 6) is 0. The summed E-state index contributed by atoms with van der Waals surface area (Å²) in [6.07, 6.45) is 3.87. The van der Waals surface area contributed by atoms with Gasteiger partial charge in [0.15, 0.2) is 0 Å². The average Bonchev–Trinajstić information content (AvgIpc) is 2.60. The first kappa shape index (κ1) is 15.2. The van der Waals surface area contributed by atoms with Crippen molar-refractivity contribution in [2.24, 2.45) is 0 Å². The second kappa shape index (κ2) is 5.41. The standard InChI is InChI=1S/C14H28N4/c1-13(2,3)16-9-12-8-15-11-18(12)10-14(4,5)17(6)7/h8,11,16H,9-10H2,1-7H3. The maximum Gasteiger partial charge on any atom is 0.0949 e. The monoisotopic (exact) mass is 252 g/mol. The van der Waals surface area contributed by atoms with E-state index >= 15 is 0 Å². The van der Waals surface area contributed by atoms with Crippen molar-refractivity contribution in [2.45, 2.75) is 58.8 Å². The van der Waals surface area contributed by atoms with E-state index in [-0.39, 0.29) is 11.1 Å². The van der Waals surface area contributed by atoms with Crippen molar-refractivity contribution in [1.82, 2.24) is 19.8 Å². The molecule has 0 saturated carbocycles. The molecule has 104 valence electrons. The van der Waals surface area contributed by atoms with Gasteiger partial charge in [-0.3, -0.25) is 0 Å². The van der Waals surface area contributed by atoms with E-state index < -0.39 is 0 Å². The van der Waals surface area contributed by atoms with Crippen molar-refractivity contribution in [3.8, 4) is 0 Å². The van der Waals surface area contributed by atoms with Crippen LogP contribution in [0.25, 0.3) is 0 Å². The first-order chi connectivity index (χ1) is 8.12. The van der Waals surface area contributed by atoms with E-state index in [4.69, 9.17) is 0 Å². The van der Waals surface area contributed by atoms with Gasteiger partial charge in [-0.2, -0.15) is 0 Å². The molecule has 1 heterocycles. The van der Waals surface area contributed by atoms with Gasteiger partial charge in [0, 0.05) is 30.4 Å². The molecule has 1 aromatic heterocycles. The molecule has 0 bridgehead atoms. The number of hydrogen-bond acceptors (Lipinski definition) is 3. The fourth-order valence-electron chi connectivity index (χ4n) is 1.55. The van der Waals surface area contributed by atoms with Crippen molar-refractivity contribution in [3.63, 3.8) is 0 Å². The lowest BCUT2D eigenvalue weighted by atomic mass is 10.0. The zero-order valence-corrected chi connectivity index (χ0v) is 12.9. The summed E-state index contributed by atoms with van der Waals surface area (Å²) in [7, 11) is 4.23. The molecular weight excluding hydrogens is 224 g/mol. The number of aromatic nitrogens is 2. The maximum absolute atomic E-state index is 4.27. The molecule has 1 rings (SSSR count). The van der Waals surface area contributed by atoms with Crippen LogP contribution >= 0.6 is 0 Å². The summed E-state index contributed by atoms with van der Waals surface area (Å²) in [5, 5.41) is 3.51. The average molecular weight is 252 g/mol. The third kappa shape index (κ3) is 4.42. The molecule has 0 aromatic carbocycles. The zero-order valence-electron chi connectivity index (χ0n) is 12.9. The highest BCUT2D eigenvalue weighted by Gasteiger charge is 2.22. The second-order valence-electron chi connectivity index (χ2n) is 6.82. The van der Waals surface area contributed by atoms with Crippen LogP contribution in [0.2, 0.25) is 0 Å². The van der Waals surface area contributed by atoms with Crippen LogP contribution in [0.15, 0.2) is 12.5 Å². The molecule has 0 fully saturated rings. The Bertz CT molecular complexity index is 371. The Morgan fingerprint density at radius 1 is 1.22 bits per heavy atom. The third-order valence-electron chi connectivity index (χ3n) is 3.37. The fourth-order valence-corrected chi connectivity index (χ4v) is 1.55. The Balaban J connectivity index is 2.71. The molecule has 0 aliphatic heterocycles. The number of nitrogens with zero attached hydrogens (tertiary/aromatic N) is 3. The number of rotatable bonds is 5. The largest absolute Gasteiger partial charge is 0.332 e. The van der Waals surface area contributed by atoms with Crippen LogP contribution in [0.4, 0.5) is 0 Å². The van der Waals surface area contributed by atoms with Gasteiger partial charge in [-0.25, -0.2) is 4.98 Å². The molecule has 4 heteroatoms. The summed E-state index contributed by atoms with van der Waals surface area (Å²) in [4.78, 5) is 6.51. The van der Waals surface area contributed by atoms with Gasteiger partial charge < -0.3 is 14.8 Å². The normalized spacial score (nSPS) is 13.3. The predicted molar refractivity (Wildman–Crippen MR) is 76.6 cm³/mol. The molecule has 1 N–H and O–H groups in total. The van der Waals surface area contributed by atoms with Gasteiger partial charge in [-0.1, -0.05) is 0 Å². The number of likely N-dealkylation sites (N-methyl/N-ethyl adjacent to an activating group) is 1. The van der Waals surface area contributed by atoms with Crippen LogP contribution in [0, 0.1) is 0 Å². The van der Waals surface area contributed by atoms with E-state index in [1.807, 2.05) is 12.5 Å². The molecule has 0 aliphatic carbocycles. The molecule has 0 saturated heterocycles. The first-order valence-corrected chi connectivity index (χ1v) is 6.53. The van der Waals surface area contributed by atoms with Gasteiger partial charge in [-0.15, -0.1) is 0 Å². The number of nitrogens with one attached hydrogen (secondary N) is 1. The van der Waals surface area contributed by atoms with Gasteiger partial charge in [0.2, 0.25) is 0 Å². The lowest BCUT2D eigenvalue weighted by Gasteiger charge is -2.33. The van der Waals surface area contributed by atoms with E-state index in [0.29, 0.717) is 0 Å². The first-order valence-electron chi connectivity index (χ1n) is 6.53. The lowest BCUT2D eigenvalue weighted by Crippen LogP contribution is -2.42. The number of hydrogen-bond donors (Lipinski definition) is 1. The van der Waals surface area contributed by atoms with Crippen molar-refractivity contribution in [1.29, 1.82) is 0 Å². The van der Waals surface area contributed by atoms with Gasteiger partial charge in [0.1, 0.15) is 0 Å². The van der Waals surface area contributed by atoms with Crippen molar-refractivity contribution in [2.75, 3.05) is 14.1 Å². The number of imidazole rings is 1. The maximum atomic E-state index is 4.27. The van der Waals surface area contributed by atoms with Crippen LogP contribution < -0.4 is 5.32 Å². The Hall–Kier alpha value is -0.870. The van der Waals surface area contributed by atoms with Gasteiger partial charge >= 0.3 is 0 Å². The highest BCUT2D eigenvalue weighted by atomic mass is 15.2. The predicted octanol–water partition coefficient (Wildman–Crippen LogP) is 2.11. The van der Waals surface area contributed by atoms with Gasteiger partial charge in [0.25, 0.3) is 0 Å². The van der Waals surface area contributed by atoms with E-state index in [9.17, 15) is 0 Å².